The quantitative estimate of drug-likeness (QED) is 0.337. The number of hydrogen-bond donors (Lipinski definition) is 0. The fourth-order valence-electron chi connectivity index (χ4n) is 2.37. The van der Waals surface area contributed by atoms with Crippen molar-refractivity contribution < 1.29 is 8.78 Å². The predicted octanol–water partition coefficient (Wildman–Crippen LogP) is 7.83. The molecule has 0 fully saturated rings. The second kappa shape index (κ2) is 8.56. The van der Waals surface area contributed by atoms with Gasteiger partial charge in [-0.25, -0.2) is 8.78 Å². The maximum atomic E-state index is 13.3. The van der Waals surface area contributed by atoms with Crippen LogP contribution in [0.15, 0.2) is 69.6 Å². The molecular formula is C22H14Br2F2. The third kappa shape index (κ3) is 4.99. The van der Waals surface area contributed by atoms with Crippen molar-refractivity contribution in [3.05, 3.63) is 103 Å². The summed E-state index contributed by atoms with van der Waals surface area (Å²) in [6.45, 7) is 0. The molecule has 0 bridgehead atoms. The molecule has 0 saturated carbocycles. The Kier molecular flexibility index (Phi) is 6.17. The lowest BCUT2D eigenvalue weighted by Crippen LogP contribution is -1.80. The average Bonchev–Trinajstić information content (AvgIpc) is 2.64. The van der Waals surface area contributed by atoms with Crippen molar-refractivity contribution in [2.45, 2.75) is 0 Å². The minimum absolute atomic E-state index is 0.267. The predicted molar refractivity (Wildman–Crippen MR) is 112 cm³/mol. The second-order valence-electron chi connectivity index (χ2n) is 5.67. The summed E-state index contributed by atoms with van der Waals surface area (Å²) in [5, 5.41) is 0. The summed E-state index contributed by atoms with van der Waals surface area (Å²) in [5.74, 6) is -0.534. The zero-order valence-corrected chi connectivity index (χ0v) is 16.8. The summed E-state index contributed by atoms with van der Waals surface area (Å²) in [6, 6.07) is 17.1. The molecule has 0 aliphatic rings. The molecule has 0 amide bonds. The van der Waals surface area contributed by atoms with Crippen molar-refractivity contribution in [1.82, 2.24) is 0 Å². The van der Waals surface area contributed by atoms with Gasteiger partial charge in [-0.3, -0.25) is 0 Å². The molecule has 0 aliphatic carbocycles. The van der Waals surface area contributed by atoms with E-state index in [2.05, 4.69) is 31.9 Å². The maximum absolute atomic E-state index is 13.3. The van der Waals surface area contributed by atoms with Gasteiger partial charge in [-0.05, 0) is 58.7 Å². The minimum atomic E-state index is -0.267. The first kappa shape index (κ1) is 18.7. The highest BCUT2D eigenvalue weighted by atomic mass is 79.9. The van der Waals surface area contributed by atoms with Crippen molar-refractivity contribution in [1.29, 1.82) is 0 Å². The highest BCUT2D eigenvalue weighted by molar-refractivity contribution is 9.10. The van der Waals surface area contributed by atoms with E-state index in [4.69, 9.17) is 0 Å². The molecule has 3 rings (SSSR count). The van der Waals surface area contributed by atoms with Crippen LogP contribution in [-0.2, 0) is 0 Å². The van der Waals surface area contributed by atoms with Crippen molar-refractivity contribution in [3.63, 3.8) is 0 Å². The minimum Gasteiger partial charge on any atom is -0.207 e. The van der Waals surface area contributed by atoms with Gasteiger partial charge in [-0.15, -0.1) is 0 Å². The Balaban J connectivity index is 1.74. The Labute approximate surface area is 168 Å². The molecule has 0 aromatic heterocycles. The molecule has 0 unspecified atom stereocenters. The van der Waals surface area contributed by atoms with E-state index in [1.165, 1.54) is 24.3 Å². The second-order valence-corrected chi connectivity index (χ2v) is 7.37. The Morgan fingerprint density at radius 3 is 1.31 bits per heavy atom. The number of halogens is 4. The van der Waals surface area contributed by atoms with Gasteiger partial charge >= 0.3 is 0 Å². The zero-order chi connectivity index (χ0) is 18.5. The molecular weight excluding hydrogens is 462 g/mol. The summed E-state index contributed by atoms with van der Waals surface area (Å²) in [5.41, 5.74) is 3.57. The van der Waals surface area contributed by atoms with E-state index in [0.29, 0.717) is 0 Å². The van der Waals surface area contributed by atoms with Gasteiger partial charge in [0.25, 0.3) is 0 Å². The van der Waals surface area contributed by atoms with E-state index in [1.807, 2.05) is 48.6 Å². The molecule has 0 radical (unpaired) electrons. The molecule has 3 aromatic rings. The van der Waals surface area contributed by atoms with Crippen LogP contribution >= 0.6 is 31.9 Å². The molecule has 0 atom stereocenters. The van der Waals surface area contributed by atoms with E-state index in [0.717, 1.165) is 31.2 Å². The van der Waals surface area contributed by atoms with E-state index in [-0.39, 0.29) is 11.6 Å². The molecule has 4 heteroatoms. The largest absolute Gasteiger partial charge is 0.207 e. The van der Waals surface area contributed by atoms with Gasteiger partial charge in [0.2, 0.25) is 0 Å². The Hall–Kier alpha value is -2.04. The van der Waals surface area contributed by atoms with Crippen molar-refractivity contribution in [2.75, 3.05) is 0 Å². The van der Waals surface area contributed by atoms with Crippen LogP contribution in [0.5, 0.6) is 0 Å². The SMILES string of the molecule is Fc1ccc(Br)c(/C=C/c2ccc(/C=C/c3cc(F)ccc3Br)cc2)c1. The Morgan fingerprint density at radius 2 is 0.923 bits per heavy atom. The standard InChI is InChI=1S/C22H14Br2F2/c23-21-11-9-19(25)13-17(21)7-5-15-1-2-16(4-3-15)6-8-18-14-20(26)10-12-22(18)24/h1-14H/b7-5+,8-6+. The zero-order valence-electron chi connectivity index (χ0n) is 13.6. The number of benzene rings is 3. The van der Waals surface area contributed by atoms with Crippen LogP contribution in [0.4, 0.5) is 8.78 Å². The van der Waals surface area contributed by atoms with Crippen molar-refractivity contribution in [3.8, 4) is 0 Å². The summed E-state index contributed by atoms with van der Waals surface area (Å²) >= 11 is 6.82. The van der Waals surface area contributed by atoms with Crippen molar-refractivity contribution >= 4 is 56.2 Å². The fraction of sp³-hybridized carbons (Fsp3) is 0. The first-order valence-electron chi connectivity index (χ1n) is 7.87. The highest BCUT2D eigenvalue weighted by Crippen LogP contribution is 2.22. The molecule has 26 heavy (non-hydrogen) atoms. The van der Waals surface area contributed by atoms with Gasteiger partial charge in [-0.1, -0.05) is 80.4 Å². The number of hydrogen-bond acceptors (Lipinski definition) is 0. The molecule has 0 heterocycles. The van der Waals surface area contributed by atoms with Crippen LogP contribution in [0.1, 0.15) is 22.3 Å². The molecule has 0 aliphatic heterocycles. The highest BCUT2D eigenvalue weighted by Gasteiger charge is 1.99. The van der Waals surface area contributed by atoms with Crippen LogP contribution in [0, 0.1) is 11.6 Å². The average molecular weight is 476 g/mol. The Bertz CT molecular complexity index is 893. The molecule has 0 N–H and O–H groups in total. The summed E-state index contributed by atoms with van der Waals surface area (Å²) in [4.78, 5) is 0. The fourth-order valence-corrected chi connectivity index (χ4v) is 3.13. The topological polar surface area (TPSA) is 0 Å². The smallest absolute Gasteiger partial charge is 0.123 e. The van der Waals surface area contributed by atoms with Gasteiger partial charge in [0.15, 0.2) is 0 Å². The van der Waals surface area contributed by atoms with Gasteiger partial charge < -0.3 is 0 Å². The third-order valence-electron chi connectivity index (χ3n) is 3.76. The lowest BCUT2D eigenvalue weighted by atomic mass is 10.1. The van der Waals surface area contributed by atoms with Crippen LogP contribution in [0.25, 0.3) is 24.3 Å². The van der Waals surface area contributed by atoms with E-state index < -0.39 is 0 Å². The van der Waals surface area contributed by atoms with Crippen molar-refractivity contribution in [2.24, 2.45) is 0 Å². The Morgan fingerprint density at radius 1 is 0.538 bits per heavy atom. The monoisotopic (exact) mass is 474 g/mol. The van der Waals surface area contributed by atoms with Gasteiger partial charge in [-0.2, -0.15) is 0 Å². The molecule has 0 nitrogen and oxygen atoms in total. The maximum Gasteiger partial charge on any atom is 0.123 e. The lowest BCUT2D eigenvalue weighted by Gasteiger charge is -2.00. The van der Waals surface area contributed by atoms with Crippen LogP contribution in [0.2, 0.25) is 0 Å². The normalized spacial score (nSPS) is 11.5. The number of rotatable bonds is 4. The van der Waals surface area contributed by atoms with E-state index in [9.17, 15) is 8.78 Å². The molecule has 0 saturated heterocycles. The van der Waals surface area contributed by atoms with Gasteiger partial charge in [0, 0.05) is 8.95 Å². The van der Waals surface area contributed by atoms with E-state index >= 15 is 0 Å². The third-order valence-corrected chi connectivity index (χ3v) is 5.21. The van der Waals surface area contributed by atoms with Crippen LogP contribution in [0.3, 0.4) is 0 Å². The first-order valence-corrected chi connectivity index (χ1v) is 9.46. The lowest BCUT2D eigenvalue weighted by molar-refractivity contribution is 0.627. The van der Waals surface area contributed by atoms with Crippen LogP contribution in [-0.4, -0.2) is 0 Å². The summed E-state index contributed by atoms with van der Waals surface area (Å²) in [6.07, 6.45) is 7.58. The molecule has 3 aromatic carbocycles. The summed E-state index contributed by atoms with van der Waals surface area (Å²) in [7, 11) is 0. The summed E-state index contributed by atoms with van der Waals surface area (Å²) < 4.78 is 28.3. The van der Waals surface area contributed by atoms with E-state index in [1.54, 1.807) is 12.1 Å². The van der Waals surface area contributed by atoms with Gasteiger partial charge in [0.05, 0.1) is 0 Å². The molecule has 0 spiro atoms. The first-order chi connectivity index (χ1) is 12.5. The van der Waals surface area contributed by atoms with Crippen LogP contribution < -0.4 is 0 Å². The molecule has 130 valence electrons. The van der Waals surface area contributed by atoms with Gasteiger partial charge in [0.1, 0.15) is 11.6 Å².